The highest BCUT2D eigenvalue weighted by Crippen LogP contribution is 2.30. The van der Waals surface area contributed by atoms with E-state index in [0.29, 0.717) is 6.54 Å². The Labute approximate surface area is 186 Å². The Kier molecular flexibility index (Phi) is 9.98. The van der Waals surface area contributed by atoms with Gasteiger partial charge in [0, 0.05) is 44.8 Å². The van der Waals surface area contributed by atoms with Crippen LogP contribution in [0.25, 0.3) is 0 Å². The Morgan fingerprint density at radius 1 is 1.18 bits per heavy atom. The van der Waals surface area contributed by atoms with Gasteiger partial charge in [0.1, 0.15) is 0 Å². The van der Waals surface area contributed by atoms with Gasteiger partial charge in [0.25, 0.3) is 0 Å². The smallest absolute Gasteiger partial charge is 0.191 e. The van der Waals surface area contributed by atoms with Crippen molar-refractivity contribution in [3.8, 4) is 0 Å². The van der Waals surface area contributed by atoms with Crippen LogP contribution in [0.5, 0.6) is 0 Å². The van der Waals surface area contributed by atoms with Gasteiger partial charge in [-0.2, -0.15) is 0 Å². The molecule has 0 saturated carbocycles. The second kappa shape index (κ2) is 11.9. The van der Waals surface area contributed by atoms with Gasteiger partial charge in [-0.05, 0) is 44.3 Å². The Hall–Kier alpha value is -0.900. The number of ether oxygens (including phenoxy) is 1. The lowest BCUT2D eigenvalue weighted by molar-refractivity contribution is -0.0164. The van der Waals surface area contributed by atoms with Gasteiger partial charge < -0.3 is 20.5 Å². The molecule has 1 unspecified atom stereocenters. The lowest BCUT2D eigenvalue weighted by atomic mass is 9.88. The van der Waals surface area contributed by atoms with E-state index in [1.54, 1.807) is 7.05 Å². The third-order valence-electron chi connectivity index (χ3n) is 6.02. The summed E-state index contributed by atoms with van der Waals surface area (Å²) in [4.78, 5) is 7.04. The maximum atomic E-state index is 9.76. The standard InChI is InChI=1S/C21H34N4O2.HI/c1-22-20(23-15-19(16-26)18-7-3-2-4-8-18)24-17-21(9-13-27-14-10-21)25-11-5-6-12-25;/h2-4,7-8,19,26H,5-6,9-17H2,1H3,(H2,22,23,24);1H. The van der Waals surface area contributed by atoms with Crippen molar-refractivity contribution >= 4 is 29.9 Å². The van der Waals surface area contributed by atoms with E-state index in [1.807, 2.05) is 18.2 Å². The van der Waals surface area contributed by atoms with Crippen LogP contribution in [-0.4, -0.2) is 74.6 Å². The van der Waals surface area contributed by atoms with Crippen LogP contribution in [0.15, 0.2) is 35.3 Å². The summed E-state index contributed by atoms with van der Waals surface area (Å²) in [7, 11) is 1.80. The molecule has 2 aliphatic heterocycles. The summed E-state index contributed by atoms with van der Waals surface area (Å²) >= 11 is 0. The first kappa shape index (κ1) is 23.4. The Bertz CT molecular complexity index is 587. The summed E-state index contributed by atoms with van der Waals surface area (Å²) in [5, 5.41) is 16.7. The van der Waals surface area contributed by atoms with Gasteiger partial charge in [-0.25, -0.2) is 0 Å². The van der Waals surface area contributed by atoms with Crippen LogP contribution in [0.1, 0.15) is 37.2 Å². The van der Waals surface area contributed by atoms with Crippen LogP contribution in [0.4, 0.5) is 0 Å². The molecule has 2 fully saturated rings. The van der Waals surface area contributed by atoms with Crippen LogP contribution in [0.2, 0.25) is 0 Å². The summed E-state index contributed by atoms with van der Waals surface area (Å²) in [5.74, 6) is 0.856. The minimum absolute atomic E-state index is 0. The molecule has 1 aromatic carbocycles. The van der Waals surface area contributed by atoms with Crippen molar-refractivity contribution in [1.29, 1.82) is 0 Å². The average Bonchev–Trinajstić information content (AvgIpc) is 3.28. The summed E-state index contributed by atoms with van der Waals surface area (Å²) < 4.78 is 5.63. The van der Waals surface area contributed by atoms with E-state index in [4.69, 9.17) is 4.74 Å². The molecule has 6 nitrogen and oxygen atoms in total. The van der Waals surface area contributed by atoms with Gasteiger partial charge in [0.15, 0.2) is 5.96 Å². The number of aliphatic hydroxyl groups is 1. The monoisotopic (exact) mass is 502 g/mol. The fourth-order valence-corrected chi connectivity index (χ4v) is 4.25. The number of guanidine groups is 1. The summed E-state index contributed by atoms with van der Waals surface area (Å²) in [5.41, 5.74) is 1.31. The fourth-order valence-electron chi connectivity index (χ4n) is 4.25. The molecule has 2 aliphatic rings. The Morgan fingerprint density at radius 2 is 1.86 bits per heavy atom. The number of aliphatic imine (C=N–C) groups is 1. The zero-order valence-corrected chi connectivity index (χ0v) is 19.2. The molecule has 158 valence electrons. The molecule has 0 radical (unpaired) electrons. The summed E-state index contributed by atoms with van der Waals surface area (Å²) in [6.07, 6.45) is 4.73. The van der Waals surface area contributed by atoms with Crippen molar-refractivity contribution in [2.24, 2.45) is 4.99 Å². The molecule has 2 saturated heterocycles. The maximum absolute atomic E-state index is 9.76. The van der Waals surface area contributed by atoms with Gasteiger partial charge in [-0.15, -0.1) is 24.0 Å². The van der Waals surface area contributed by atoms with Crippen molar-refractivity contribution in [3.63, 3.8) is 0 Å². The molecule has 3 rings (SSSR count). The molecule has 7 heteroatoms. The second-order valence-electron chi connectivity index (χ2n) is 7.63. The summed E-state index contributed by atoms with van der Waals surface area (Å²) in [6.45, 7) is 5.70. The molecule has 1 aromatic rings. The van der Waals surface area contributed by atoms with Gasteiger partial charge in [0.2, 0.25) is 0 Å². The quantitative estimate of drug-likeness (QED) is 0.303. The highest BCUT2D eigenvalue weighted by molar-refractivity contribution is 14.0. The van der Waals surface area contributed by atoms with E-state index < -0.39 is 0 Å². The van der Waals surface area contributed by atoms with Gasteiger partial charge >= 0.3 is 0 Å². The lowest BCUT2D eigenvalue weighted by Crippen LogP contribution is -2.58. The number of benzene rings is 1. The lowest BCUT2D eigenvalue weighted by Gasteiger charge is -2.45. The molecule has 0 bridgehead atoms. The molecule has 0 spiro atoms. The zero-order chi connectivity index (χ0) is 19.0. The van der Waals surface area contributed by atoms with Crippen LogP contribution < -0.4 is 10.6 Å². The average molecular weight is 502 g/mol. The number of nitrogens with zero attached hydrogens (tertiary/aromatic N) is 2. The van der Waals surface area contributed by atoms with E-state index >= 15 is 0 Å². The molecular weight excluding hydrogens is 467 g/mol. The van der Waals surface area contributed by atoms with Gasteiger partial charge in [0.05, 0.1) is 6.61 Å². The molecule has 2 heterocycles. The third kappa shape index (κ3) is 6.05. The molecule has 0 amide bonds. The summed E-state index contributed by atoms with van der Waals surface area (Å²) in [6, 6.07) is 10.1. The van der Waals surface area contributed by atoms with Gasteiger partial charge in [-0.1, -0.05) is 30.3 Å². The normalized spacial score (nSPS) is 21.0. The number of hydrogen-bond donors (Lipinski definition) is 3. The second-order valence-corrected chi connectivity index (χ2v) is 7.63. The van der Waals surface area contributed by atoms with E-state index in [-0.39, 0.29) is 42.0 Å². The van der Waals surface area contributed by atoms with Crippen molar-refractivity contribution in [2.45, 2.75) is 37.1 Å². The van der Waals surface area contributed by atoms with Crippen LogP contribution in [0.3, 0.4) is 0 Å². The maximum Gasteiger partial charge on any atom is 0.191 e. The minimum atomic E-state index is 0. The SMILES string of the molecule is CN=C(NCC(CO)c1ccccc1)NCC1(N2CCCC2)CCOCC1.I. The van der Waals surface area contributed by atoms with Crippen molar-refractivity contribution in [2.75, 3.05) is 53.0 Å². The molecule has 1 atom stereocenters. The van der Waals surface area contributed by atoms with E-state index in [0.717, 1.165) is 44.1 Å². The number of nitrogens with one attached hydrogen (secondary N) is 2. The molecular formula is C21H35IN4O2. The fraction of sp³-hybridized carbons (Fsp3) is 0.667. The third-order valence-corrected chi connectivity index (χ3v) is 6.02. The number of halogens is 1. The van der Waals surface area contributed by atoms with E-state index in [9.17, 15) is 5.11 Å². The van der Waals surface area contributed by atoms with E-state index in [1.165, 1.54) is 25.9 Å². The zero-order valence-electron chi connectivity index (χ0n) is 16.9. The molecule has 0 aromatic heterocycles. The highest BCUT2D eigenvalue weighted by atomic mass is 127. The minimum Gasteiger partial charge on any atom is -0.396 e. The van der Waals surface area contributed by atoms with Gasteiger partial charge in [-0.3, -0.25) is 9.89 Å². The highest BCUT2D eigenvalue weighted by Gasteiger charge is 2.39. The predicted molar refractivity (Wildman–Crippen MR) is 125 cm³/mol. The number of hydrogen-bond acceptors (Lipinski definition) is 4. The molecule has 28 heavy (non-hydrogen) atoms. The Balaban J connectivity index is 0.00000280. The number of aliphatic hydroxyl groups excluding tert-OH is 1. The van der Waals surface area contributed by atoms with Crippen LogP contribution >= 0.6 is 24.0 Å². The Morgan fingerprint density at radius 3 is 2.46 bits per heavy atom. The molecule has 3 N–H and O–H groups in total. The first-order chi connectivity index (χ1) is 13.3. The molecule has 0 aliphatic carbocycles. The topological polar surface area (TPSA) is 69.1 Å². The number of rotatable bonds is 7. The van der Waals surface area contributed by atoms with Crippen molar-refractivity contribution in [3.05, 3.63) is 35.9 Å². The first-order valence-electron chi connectivity index (χ1n) is 10.2. The van der Waals surface area contributed by atoms with Crippen LogP contribution in [-0.2, 0) is 4.74 Å². The van der Waals surface area contributed by atoms with Crippen molar-refractivity contribution in [1.82, 2.24) is 15.5 Å². The largest absolute Gasteiger partial charge is 0.396 e. The number of likely N-dealkylation sites (tertiary alicyclic amines) is 1. The van der Waals surface area contributed by atoms with E-state index in [2.05, 4.69) is 32.7 Å². The first-order valence-corrected chi connectivity index (χ1v) is 10.2. The van der Waals surface area contributed by atoms with Crippen LogP contribution in [0, 0.1) is 0 Å². The van der Waals surface area contributed by atoms with Crippen molar-refractivity contribution < 1.29 is 9.84 Å². The predicted octanol–water partition coefficient (Wildman–Crippen LogP) is 2.19.